The Morgan fingerprint density at radius 1 is 1.11 bits per heavy atom. The first-order valence-electron chi connectivity index (χ1n) is 5.14. The van der Waals surface area contributed by atoms with Crippen LogP contribution in [-0.4, -0.2) is 42.7 Å². The van der Waals surface area contributed by atoms with E-state index in [-0.39, 0.29) is 32.7 Å². The minimum Gasteiger partial charge on any atom is -0.394 e. The van der Waals surface area contributed by atoms with E-state index in [4.69, 9.17) is 46.1 Å². The van der Waals surface area contributed by atoms with Crippen LogP contribution < -0.4 is 0 Å². The van der Waals surface area contributed by atoms with E-state index in [1.54, 1.807) is 0 Å². The number of hydrogen-bond acceptors (Lipinski definition) is 8. The van der Waals surface area contributed by atoms with Crippen LogP contribution in [0.1, 0.15) is 12.8 Å². The summed E-state index contributed by atoms with van der Waals surface area (Å²) in [4.78, 5) is 0. The van der Waals surface area contributed by atoms with Crippen LogP contribution in [0.2, 0.25) is 0 Å². The lowest BCUT2D eigenvalue weighted by atomic mass is 10.4. The maximum Gasteiger partial charge on any atom is 0.327 e. The predicted molar refractivity (Wildman–Crippen MR) is 65.7 cm³/mol. The second kappa shape index (κ2) is 10.4. The third-order valence-electron chi connectivity index (χ3n) is 1.56. The lowest BCUT2D eigenvalue weighted by Gasteiger charge is -2.22. The first-order valence-corrected chi connectivity index (χ1v) is 7.70. The first-order chi connectivity index (χ1) is 8.58. The van der Waals surface area contributed by atoms with E-state index in [1.807, 2.05) is 12.1 Å². The molecule has 0 fully saturated rings. The van der Waals surface area contributed by atoms with Crippen molar-refractivity contribution >= 4 is 18.5 Å². The quantitative estimate of drug-likeness (QED) is 0.440. The normalized spacial score (nSPS) is 12.7. The number of aliphatic hydroxyl groups excluding tert-OH is 2. The fourth-order valence-corrected chi connectivity index (χ4v) is 2.59. The van der Waals surface area contributed by atoms with E-state index in [9.17, 15) is 0 Å². The van der Waals surface area contributed by atoms with Crippen molar-refractivity contribution in [2.24, 2.45) is 0 Å². The summed E-state index contributed by atoms with van der Waals surface area (Å²) in [5.41, 5.74) is 0. The number of aliphatic hydroxyl groups is 2. The van der Waals surface area contributed by atoms with Crippen LogP contribution in [0, 0.1) is 22.7 Å². The van der Waals surface area contributed by atoms with Crippen molar-refractivity contribution < 1.29 is 23.8 Å². The largest absolute Gasteiger partial charge is 0.394 e. The molecule has 0 aliphatic heterocycles. The molecule has 0 aromatic rings. The average Bonchev–Trinajstić information content (AvgIpc) is 2.37. The summed E-state index contributed by atoms with van der Waals surface area (Å²) in [6, 6.07) is 3.75. The highest BCUT2D eigenvalue weighted by Gasteiger charge is 2.22. The molecule has 0 aromatic carbocycles. The topological polar surface area (TPSA) is 116 Å². The molecular formula is C9H15N2O5PS. The van der Waals surface area contributed by atoms with Gasteiger partial charge in [-0.25, -0.2) is 0 Å². The summed E-state index contributed by atoms with van der Waals surface area (Å²) in [6.07, 6.45) is -0.816. The molecular weight excluding hydrogens is 279 g/mol. The standard InChI is InChI=1S/C9H15N2O5PS/c10-3-1-5-14-17(18,15-6-2-4-11)16-8-9(13)7-12/h9,12-13H,1-2,5-8H2/t9-/m1/s1. The molecule has 9 heteroatoms. The van der Waals surface area contributed by atoms with E-state index >= 15 is 0 Å². The zero-order valence-corrected chi connectivity index (χ0v) is 11.4. The van der Waals surface area contributed by atoms with Crippen molar-refractivity contribution in [2.75, 3.05) is 26.4 Å². The third-order valence-corrected chi connectivity index (χ3v) is 3.97. The lowest BCUT2D eigenvalue weighted by Crippen LogP contribution is -2.19. The van der Waals surface area contributed by atoms with Gasteiger partial charge in [0.25, 0.3) is 0 Å². The number of hydrogen-bond donors (Lipinski definition) is 2. The van der Waals surface area contributed by atoms with Crippen molar-refractivity contribution in [2.45, 2.75) is 18.9 Å². The highest BCUT2D eigenvalue weighted by molar-refractivity contribution is 8.07. The zero-order valence-electron chi connectivity index (χ0n) is 9.69. The van der Waals surface area contributed by atoms with E-state index < -0.39 is 19.4 Å². The Labute approximate surface area is 111 Å². The first kappa shape index (κ1) is 17.4. The minimum atomic E-state index is -3.09. The molecule has 18 heavy (non-hydrogen) atoms. The van der Waals surface area contributed by atoms with E-state index in [1.165, 1.54) is 0 Å². The van der Waals surface area contributed by atoms with Crippen LogP contribution in [0.5, 0.6) is 0 Å². The van der Waals surface area contributed by atoms with Gasteiger partial charge in [0.15, 0.2) is 0 Å². The Balaban J connectivity index is 4.26. The molecule has 2 N–H and O–H groups in total. The van der Waals surface area contributed by atoms with Crippen molar-refractivity contribution in [3.05, 3.63) is 0 Å². The molecule has 0 saturated heterocycles. The van der Waals surface area contributed by atoms with Crippen molar-refractivity contribution in [3.63, 3.8) is 0 Å². The van der Waals surface area contributed by atoms with Crippen molar-refractivity contribution in [1.82, 2.24) is 0 Å². The summed E-state index contributed by atoms with van der Waals surface area (Å²) in [5.74, 6) is 0. The van der Waals surface area contributed by atoms with Gasteiger partial charge in [-0.2, -0.15) is 10.5 Å². The van der Waals surface area contributed by atoms with Crippen LogP contribution in [-0.2, 0) is 25.4 Å². The number of rotatable bonds is 10. The molecule has 0 amide bonds. The average molecular weight is 294 g/mol. The number of nitrogens with zero attached hydrogens (tertiary/aromatic N) is 2. The maximum absolute atomic E-state index is 9.15. The van der Waals surface area contributed by atoms with Gasteiger partial charge < -0.3 is 23.8 Å². The van der Waals surface area contributed by atoms with Gasteiger partial charge in [-0.05, 0) is 11.8 Å². The zero-order chi connectivity index (χ0) is 13.9. The van der Waals surface area contributed by atoms with E-state index in [0.29, 0.717) is 0 Å². The summed E-state index contributed by atoms with van der Waals surface area (Å²) in [6.45, 7) is -3.68. The minimum absolute atomic E-state index is 0.0511. The smallest absolute Gasteiger partial charge is 0.327 e. The molecule has 0 aliphatic rings. The summed E-state index contributed by atoms with van der Waals surface area (Å²) in [5, 5.41) is 34.6. The predicted octanol–water partition coefficient (Wildman–Crippen LogP) is 0.441. The van der Waals surface area contributed by atoms with Crippen molar-refractivity contribution in [1.29, 1.82) is 10.5 Å². The monoisotopic (exact) mass is 294 g/mol. The van der Waals surface area contributed by atoms with Gasteiger partial charge in [-0.3, -0.25) is 0 Å². The Hall–Kier alpha value is -0.570. The van der Waals surface area contributed by atoms with Gasteiger partial charge in [0.2, 0.25) is 0 Å². The summed E-state index contributed by atoms with van der Waals surface area (Å²) < 4.78 is 15.5. The van der Waals surface area contributed by atoms with Gasteiger partial charge in [0.1, 0.15) is 6.10 Å². The Morgan fingerprint density at radius 3 is 2.00 bits per heavy atom. The molecule has 0 aromatic heterocycles. The third kappa shape index (κ3) is 8.51. The van der Waals surface area contributed by atoms with Gasteiger partial charge in [-0.1, -0.05) is 0 Å². The molecule has 102 valence electrons. The second-order valence-electron chi connectivity index (χ2n) is 3.06. The Morgan fingerprint density at radius 2 is 1.61 bits per heavy atom. The van der Waals surface area contributed by atoms with Crippen LogP contribution in [0.3, 0.4) is 0 Å². The second-order valence-corrected chi connectivity index (χ2v) is 6.07. The molecule has 0 aliphatic carbocycles. The lowest BCUT2D eigenvalue weighted by molar-refractivity contribution is 0.0410. The molecule has 7 nitrogen and oxygen atoms in total. The SMILES string of the molecule is N#CCCOP(=S)(OCCC#N)OC[C@H](O)CO. The molecule has 0 saturated carbocycles. The van der Waals surface area contributed by atoms with Crippen LogP contribution >= 0.6 is 6.72 Å². The molecule has 0 radical (unpaired) electrons. The fraction of sp³-hybridized carbons (Fsp3) is 0.778. The summed E-state index contributed by atoms with van der Waals surface area (Å²) in [7, 11) is 0. The van der Waals surface area contributed by atoms with E-state index in [2.05, 4.69) is 0 Å². The van der Waals surface area contributed by atoms with E-state index in [0.717, 1.165) is 0 Å². The molecule has 1 atom stereocenters. The van der Waals surface area contributed by atoms with Crippen LogP contribution in [0.25, 0.3) is 0 Å². The van der Waals surface area contributed by atoms with Crippen molar-refractivity contribution in [3.8, 4) is 12.1 Å². The van der Waals surface area contributed by atoms with Gasteiger partial charge in [0.05, 0.1) is 51.4 Å². The molecule has 0 heterocycles. The highest BCUT2D eigenvalue weighted by atomic mass is 32.5. The molecule has 0 bridgehead atoms. The maximum atomic E-state index is 9.15. The molecule has 0 rings (SSSR count). The number of nitriles is 2. The summed E-state index contributed by atoms with van der Waals surface area (Å²) >= 11 is 5.03. The Bertz CT molecular complexity index is 330. The van der Waals surface area contributed by atoms with Gasteiger partial charge >= 0.3 is 6.72 Å². The van der Waals surface area contributed by atoms with Crippen LogP contribution in [0.4, 0.5) is 0 Å². The Kier molecular flexibility index (Phi) is 10.0. The fourth-order valence-electron chi connectivity index (χ4n) is 0.748. The van der Waals surface area contributed by atoms with Gasteiger partial charge in [-0.15, -0.1) is 0 Å². The van der Waals surface area contributed by atoms with Gasteiger partial charge in [0, 0.05) is 0 Å². The molecule has 0 spiro atoms. The van der Waals surface area contributed by atoms with Crippen LogP contribution in [0.15, 0.2) is 0 Å². The molecule has 0 unspecified atom stereocenters. The highest BCUT2D eigenvalue weighted by Crippen LogP contribution is 2.50.